The summed E-state index contributed by atoms with van der Waals surface area (Å²) in [5, 5.41) is 3.44. The first kappa shape index (κ1) is 27.4. The van der Waals surface area contributed by atoms with Gasteiger partial charge in [0.05, 0.1) is 0 Å². The molecule has 1 aromatic heterocycles. The van der Waals surface area contributed by atoms with Crippen molar-refractivity contribution in [3.05, 3.63) is 94.5 Å². The number of fused-ring (bicyclic) bond motifs is 1. The first-order chi connectivity index (χ1) is 17.5. The smallest absolute Gasteiger partial charge is 0.0428 e. The Morgan fingerprint density at radius 2 is 1.69 bits per heavy atom. The summed E-state index contributed by atoms with van der Waals surface area (Å²) in [6.07, 6.45) is 25.5. The molecule has 1 aliphatic rings. The lowest BCUT2D eigenvalue weighted by molar-refractivity contribution is 0.590. The summed E-state index contributed by atoms with van der Waals surface area (Å²) in [4.78, 5) is 0. The number of hydrogen-bond donors (Lipinski definition) is 1. The number of nitrogens with zero attached hydrogens (tertiary/aromatic N) is 1. The Kier molecular flexibility index (Phi) is 11.0. The molecule has 1 aromatic carbocycles. The highest BCUT2D eigenvalue weighted by atomic mass is 14.9. The molecule has 0 saturated heterocycles. The third-order valence-electron chi connectivity index (χ3n) is 6.76. The van der Waals surface area contributed by atoms with Crippen molar-refractivity contribution in [3.8, 4) is 11.8 Å². The van der Waals surface area contributed by atoms with E-state index in [1.165, 1.54) is 67.5 Å². The standard InChI is InChI=1S/C34H44N2/c1-6-8-9-10-11-12-13-14-15-16-17-18-19-33-24-29(26-36(33)5)20-21-30-22-27(3)23-31-25-32(7-2)35-28(4)34(30)31/h8-11,22-26,35H,4,6-7,12-19H2,1-3,5H3/b9-8?,11-10+. The van der Waals surface area contributed by atoms with Crippen molar-refractivity contribution in [2.75, 3.05) is 0 Å². The highest BCUT2D eigenvalue weighted by molar-refractivity contribution is 5.82. The largest absolute Gasteiger partial charge is 0.359 e. The Bertz CT molecular complexity index is 1170. The third kappa shape index (κ3) is 8.20. The maximum atomic E-state index is 4.27. The maximum Gasteiger partial charge on any atom is 0.0428 e. The fourth-order valence-corrected chi connectivity index (χ4v) is 4.77. The van der Waals surface area contributed by atoms with E-state index in [2.05, 4.69) is 111 Å². The minimum atomic E-state index is 0.947. The zero-order valence-electron chi connectivity index (χ0n) is 22.9. The molecule has 36 heavy (non-hydrogen) atoms. The zero-order valence-corrected chi connectivity index (χ0v) is 22.9. The fraction of sp³-hybridized carbons (Fsp3) is 0.412. The van der Waals surface area contributed by atoms with Gasteiger partial charge in [0.1, 0.15) is 0 Å². The molecule has 2 aromatic rings. The van der Waals surface area contributed by atoms with E-state index in [9.17, 15) is 0 Å². The minimum Gasteiger partial charge on any atom is -0.359 e. The van der Waals surface area contributed by atoms with Crippen LogP contribution in [-0.2, 0) is 13.5 Å². The molecular weight excluding hydrogens is 436 g/mol. The molecule has 0 radical (unpaired) electrons. The molecule has 0 unspecified atom stereocenters. The summed E-state index contributed by atoms with van der Waals surface area (Å²) in [6.45, 7) is 10.7. The molecule has 1 aliphatic heterocycles. The van der Waals surface area contributed by atoms with E-state index in [1.54, 1.807) is 0 Å². The van der Waals surface area contributed by atoms with Crippen LogP contribution < -0.4 is 5.32 Å². The van der Waals surface area contributed by atoms with Gasteiger partial charge in [-0.1, -0.05) is 88.3 Å². The summed E-state index contributed by atoms with van der Waals surface area (Å²) in [5.74, 6) is 6.87. The summed E-state index contributed by atoms with van der Waals surface area (Å²) in [6, 6.07) is 6.66. The van der Waals surface area contributed by atoms with Gasteiger partial charge in [-0.15, -0.1) is 0 Å². The van der Waals surface area contributed by atoms with E-state index in [1.807, 2.05) is 0 Å². The minimum absolute atomic E-state index is 0.947. The maximum absolute atomic E-state index is 4.27. The molecule has 0 fully saturated rings. The van der Waals surface area contributed by atoms with Gasteiger partial charge in [-0.2, -0.15) is 0 Å². The molecule has 1 N–H and O–H groups in total. The number of rotatable bonds is 12. The number of aryl methyl sites for hydroxylation is 3. The van der Waals surface area contributed by atoms with Crippen molar-refractivity contribution in [2.45, 2.75) is 85.0 Å². The number of hydrogen-bond acceptors (Lipinski definition) is 1. The normalized spacial score (nSPS) is 13.0. The molecule has 3 rings (SSSR count). The van der Waals surface area contributed by atoms with Gasteiger partial charge in [-0.3, -0.25) is 0 Å². The van der Waals surface area contributed by atoms with Crippen molar-refractivity contribution in [1.29, 1.82) is 0 Å². The molecule has 2 nitrogen and oxygen atoms in total. The Hall–Kier alpha value is -3.18. The van der Waals surface area contributed by atoms with Crippen LogP contribution in [0.25, 0.3) is 11.8 Å². The van der Waals surface area contributed by atoms with Crippen molar-refractivity contribution >= 4 is 11.8 Å². The van der Waals surface area contributed by atoms with Gasteiger partial charge in [0.15, 0.2) is 0 Å². The second kappa shape index (κ2) is 14.4. The van der Waals surface area contributed by atoms with Gasteiger partial charge in [-0.05, 0) is 74.8 Å². The predicted octanol–water partition coefficient (Wildman–Crippen LogP) is 8.85. The van der Waals surface area contributed by atoms with Crippen molar-refractivity contribution in [3.63, 3.8) is 0 Å². The number of benzene rings is 1. The molecule has 0 saturated carbocycles. The first-order valence-corrected chi connectivity index (χ1v) is 13.8. The van der Waals surface area contributed by atoms with Crippen LogP contribution in [0.1, 0.15) is 105 Å². The molecule has 0 amide bonds. The van der Waals surface area contributed by atoms with Gasteiger partial charge in [-0.25, -0.2) is 0 Å². The quantitative estimate of drug-likeness (QED) is 0.182. The molecule has 0 aliphatic carbocycles. The molecule has 2 heterocycles. The van der Waals surface area contributed by atoms with Crippen LogP contribution in [0.4, 0.5) is 0 Å². The van der Waals surface area contributed by atoms with Crippen LogP contribution in [0.2, 0.25) is 0 Å². The zero-order chi connectivity index (χ0) is 25.8. The van der Waals surface area contributed by atoms with Crippen molar-refractivity contribution < 1.29 is 0 Å². The average molecular weight is 481 g/mol. The number of aromatic nitrogens is 1. The highest BCUT2D eigenvalue weighted by Crippen LogP contribution is 2.29. The number of unbranched alkanes of at least 4 members (excludes halogenated alkanes) is 6. The van der Waals surface area contributed by atoms with Gasteiger partial charge in [0, 0.05) is 47.0 Å². The Balaban J connectivity index is 1.49. The van der Waals surface area contributed by atoms with E-state index < -0.39 is 0 Å². The fourth-order valence-electron chi connectivity index (χ4n) is 4.77. The lowest BCUT2D eigenvalue weighted by atomic mass is 9.92. The van der Waals surface area contributed by atoms with Crippen LogP contribution in [0.5, 0.6) is 0 Å². The van der Waals surface area contributed by atoms with Crippen LogP contribution in [0.15, 0.2) is 61.0 Å². The third-order valence-corrected chi connectivity index (χ3v) is 6.76. The topological polar surface area (TPSA) is 17.0 Å². The highest BCUT2D eigenvalue weighted by Gasteiger charge is 2.16. The monoisotopic (exact) mass is 480 g/mol. The van der Waals surface area contributed by atoms with E-state index in [0.29, 0.717) is 0 Å². The summed E-state index contributed by atoms with van der Waals surface area (Å²) >= 11 is 0. The molecule has 190 valence electrons. The van der Waals surface area contributed by atoms with Crippen LogP contribution in [0.3, 0.4) is 0 Å². The van der Waals surface area contributed by atoms with E-state index in [4.69, 9.17) is 0 Å². The predicted molar refractivity (Wildman–Crippen MR) is 158 cm³/mol. The second-order valence-corrected chi connectivity index (χ2v) is 9.91. The molecule has 0 spiro atoms. The summed E-state index contributed by atoms with van der Waals surface area (Å²) < 4.78 is 2.24. The van der Waals surface area contributed by atoms with Crippen molar-refractivity contribution in [2.24, 2.45) is 7.05 Å². The van der Waals surface area contributed by atoms with Gasteiger partial charge < -0.3 is 9.88 Å². The number of nitrogens with one attached hydrogen (secondary N) is 1. The molecule has 0 atom stereocenters. The molecular formula is C34H44N2. The Morgan fingerprint density at radius 3 is 2.47 bits per heavy atom. The SMILES string of the molecule is C=C1NC(CC)=Cc2cc(C)cc(C#Cc3cc(CCCCCCCC/C=C/C=CCC)n(C)c3)c21. The van der Waals surface area contributed by atoms with E-state index in [-0.39, 0.29) is 0 Å². The van der Waals surface area contributed by atoms with Crippen LogP contribution in [-0.4, -0.2) is 4.57 Å². The van der Waals surface area contributed by atoms with E-state index >= 15 is 0 Å². The summed E-state index contributed by atoms with van der Waals surface area (Å²) in [5.41, 5.74) is 9.24. The molecule has 0 bridgehead atoms. The average Bonchev–Trinajstić information content (AvgIpc) is 3.21. The summed E-state index contributed by atoms with van der Waals surface area (Å²) in [7, 11) is 2.14. The lowest BCUT2D eigenvalue weighted by Crippen LogP contribution is -2.16. The lowest BCUT2D eigenvalue weighted by Gasteiger charge is -2.22. The van der Waals surface area contributed by atoms with Crippen LogP contribution in [0, 0.1) is 18.8 Å². The second-order valence-electron chi connectivity index (χ2n) is 9.91. The first-order valence-electron chi connectivity index (χ1n) is 13.8. The Morgan fingerprint density at radius 1 is 0.944 bits per heavy atom. The van der Waals surface area contributed by atoms with E-state index in [0.717, 1.165) is 41.6 Å². The van der Waals surface area contributed by atoms with Crippen LogP contribution >= 0.6 is 0 Å². The Labute approximate surface area is 219 Å². The number of allylic oxidation sites excluding steroid dienone is 5. The van der Waals surface area contributed by atoms with Crippen molar-refractivity contribution in [1.82, 2.24) is 9.88 Å². The molecule has 2 heteroatoms. The van der Waals surface area contributed by atoms with Gasteiger partial charge in [0.25, 0.3) is 0 Å². The van der Waals surface area contributed by atoms with Gasteiger partial charge in [0.2, 0.25) is 0 Å². The van der Waals surface area contributed by atoms with Gasteiger partial charge >= 0.3 is 0 Å².